The molecular formula is C20H21N5O4. The van der Waals surface area contributed by atoms with E-state index in [1.54, 1.807) is 6.07 Å². The molecule has 0 radical (unpaired) electrons. The molecular weight excluding hydrogens is 374 g/mol. The minimum atomic E-state index is -0.563. The summed E-state index contributed by atoms with van der Waals surface area (Å²) in [7, 11) is 2.88. The molecule has 1 aromatic heterocycles. The molecule has 0 aliphatic rings. The van der Waals surface area contributed by atoms with Gasteiger partial charge in [0, 0.05) is 20.6 Å². The SMILES string of the molecule is CNC(=O)c1cccc(Nc2c(NCc3ccccc3)c(=O)n(C)[nH]c2=O)c1O. The minimum Gasteiger partial charge on any atom is -0.505 e. The van der Waals surface area contributed by atoms with Gasteiger partial charge < -0.3 is 21.1 Å². The third-order valence-corrected chi connectivity index (χ3v) is 4.34. The van der Waals surface area contributed by atoms with E-state index in [1.807, 2.05) is 30.3 Å². The molecule has 0 saturated carbocycles. The first-order valence-corrected chi connectivity index (χ1v) is 8.84. The number of benzene rings is 2. The van der Waals surface area contributed by atoms with E-state index in [-0.39, 0.29) is 28.4 Å². The number of H-pyrrole nitrogens is 1. The summed E-state index contributed by atoms with van der Waals surface area (Å²) in [6.07, 6.45) is 0. The van der Waals surface area contributed by atoms with E-state index in [2.05, 4.69) is 21.0 Å². The van der Waals surface area contributed by atoms with Crippen molar-refractivity contribution < 1.29 is 9.90 Å². The van der Waals surface area contributed by atoms with Gasteiger partial charge in [-0.15, -0.1) is 0 Å². The number of aromatic nitrogens is 2. The number of hydrogen-bond acceptors (Lipinski definition) is 6. The average Bonchev–Trinajstić information content (AvgIpc) is 2.73. The Morgan fingerprint density at radius 1 is 1.07 bits per heavy atom. The molecule has 0 bridgehead atoms. The smallest absolute Gasteiger partial charge is 0.290 e. The zero-order valence-corrected chi connectivity index (χ0v) is 15.9. The molecule has 3 rings (SSSR count). The quantitative estimate of drug-likeness (QED) is 0.402. The maximum atomic E-state index is 12.6. The Hall–Kier alpha value is -4.01. The number of anilines is 3. The van der Waals surface area contributed by atoms with Crippen molar-refractivity contribution in [1.82, 2.24) is 15.1 Å². The van der Waals surface area contributed by atoms with Gasteiger partial charge in [-0.2, -0.15) is 0 Å². The van der Waals surface area contributed by atoms with Crippen LogP contribution in [0, 0.1) is 0 Å². The zero-order valence-electron chi connectivity index (χ0n) is 15.9. The lowest BCUT2D eigenvalue weighted by atomic mass is 10.1. The number of phenolic OH excluding ortho intramolecular Hbond substituents is 1. The van der Waals surface area contributed by atoms with Crippen molar-refractivity contribution >= 4 is 23.0 Å². The number of nitrogens with zero attached hydrogens (tertiary/aromatic N) is 1. The van der Waals surface area contributed by atoms with Crippen molar-refractivity contribution in [3.05, 3.63) is 80.4 Å². The Morgan fingerprint density at radius 3 is 2.48 bits per heavy atom. The summed E-state index contributed by atoms with van der Waals surface area (Å²) < 4.78 is 1.07. The van der Waals surface area contributed by atoms with Crippen molar-refractivity contribution in [1.29, 1.82) is 0 Å². The average molecular weight is 395 g/mol. The molecule has 0 unspecified atom stereocenters. The summed E-state index contributed by atoms with van der Waals surface area (Å²) in [5.41, 5.74) is 0.0463. The van der Waals surface area contributed by atoms with E-state index >= 15 is 0 Å². The van der Waals surface area contributed by atoms with E-state index in [4.69, 9.17) is 0 Å². The number of para-hydroxylation sites is 1. The predicted octanol–water partition coefficient (Wildman–Crippen LogP) is 1.49. The fraction of sp³-hybridized carbons (Fsp3) is 0.150. The van der Waals surface area contributed by atoms with Crippen LogP contribution >= 0.6 is 0 Å². The lowest BCUT2D eigenvalue weighted by Gasteiger charge is -2.15. The number of nitrogens with one attached hydrogen (secondary N) is 4. The van der Waals surface area contributed by atoms with Crippen LogP contribution in [-0.4, -0.2) is 27.8 Å². The number of carbonyl (C=O) groups excluding carboxylic acids is 1. The highest BCUT2D eigenvalue weighted by molar-refractivity contribution is 5.99. The Morgan fingerprint density at radius 2 is 1.79 bits per heavy atom. The number of aromatic amines is 1. The van der Waals surface area contributed by atoms with Crippen molar-refractivity contribution in [2.45, 2.75) is 6.54 Å². The third-order valence-electron chi connectivity index (χ3n) is 4.34. The molecule has 1 heterocycles. The van der Waals surface area contributed by atoms with E-state index < -0.39 is 17.0 Å². The fourth-order valence-electron chi connectivity index (χ4n) is 2.81. The second-order valence-corrected chi connectivity index (χ2v) is 6.30. The monoisotopic (exact) mass is 395 g/mol. The Bertz CT molecular complexity index is 1150. The normalized spacial score (nSPS) is 10.4. The number of rotatable bonds is 6. The van der Waals surface area contributed by atoms with Gasteiger partial charge in [0.1, 0.15) is 11.4 Å². The number of carbonyl (C=O) groups is 1. The maximum Gasteiger partial charge on any atom is 0.290 e. The zero-order chi connectivity index (χ0) is 21.0. The molecule has 2 aromatic carbocycles. The highest BCUT2D eigenvalue weighted by Gasteiger charge is 2.18. The maximum absolute atomic E-state index is 12.6. The number of aryl methyl sites for hydroxylation is 1. The molecule has 0 aliphatic carbocycles. The van der Waals surface area contributed by atoms with E-state index in [1.165, 1.54) is 26.2 Å². The number of aromatic hydroxyl groups is 1. The summed E-state index contributed by atoms with van der Waals surface area (Å²) >= 11 is 0. The van der Waals surface area contributed by atoms with Crippen LogP contribution < -0.4 is 27.1 Å². The minimum absolute atomic E-state index is 0.0385. The molecule has 0 fully saturated rings. The Labute approximate surface area is 166 Å². The van der Waals surface area contributed by atoms with E-state index in [0.717, 1.165) is 10.2 Å². The standard InChI is InChI=1S/C20H21N5O4/c1-21-18(27)13-9-6-10-14(17(13)26)23-15-16(20(29)25(2)24-19(15)28)22-11-12-7-4-3-5-8-12/h3-10,22-23,26H,11H2,1-2H3,(H,21,27)(H,24,28). The highest BCUT2D eigenvalue weighted by Crippen LogP contribution is 2.30. The van der Waals surface area contributed by atoms with Gasteiger partial charge in [-0.3, -0.25) is 24.2 Å². The molecule has 150 valence electrons. The van der Waals surface area contributed by atoms with Crippen molar-refractivity contribution in [2.24, 2.45) is 7.05 Å². The molecule has 0 spiro atoms. The first-order valence-electron chi connectivity index (χ1n) is 8.84. The van der Waals surface area contributed by atoms with Crippen LogP contribution in [0.3, 0.4) is 0 Å². The van der Waals surface area contributed by atoms with Crippen molar-refractivity contribution in [3.8, 4) is 5.75 Å². The lowest BCUT2D eigenvalue weighted by Crippen LogP contribution is -2.31. The van der Waals surface area contributed by atoms with Crippen LogP contribution in [0.25, 0.3) is 0 Å². The Balaban J connectivity index is 2.02. The summed E-state index contributed by atoms with van der Waals surface area (Å²) in [4.78, 5) is 37.1. The molecule has 9 heteroatoms. The summed E-state index contributed by atoms with van der Waals surface area (Å²) in [6.45, 7) is 0.318. The van der Waals surface area contributed by atoms with E-state index in [0.29, 0.717) is 6.54 Å². The van der Waals surface area contributed by atoms with Gasteiger partial charge in [-0.05, 0) is 17.7 Å². The van der Waals surface area contributed by atoms with E-state index in [9.17, 15) is 19.5 Å². The summed E-state index contributed by atoms with van der Waals surface area (Å²) in [5.74, 6) is -0.813. The first-order chi connectivity index (χ1) is 13.9. The van der Waals surface area contributed by atoms with Crippen molar-refractivity contribution in [2.75, 3.05) is 17.7 Å². The van der Waals surface area contributed by atoms with Gasteiger partial charge in [-0.1, -0.05) is 36.4 Å². The molecule has 0 saturated heterocycles. The second-order valence-electron chi connectivity index (χ2n) is 6.30. The van der Waals surface area contributed by atoms with Gasteiger partial charge in [0.25, 0.3) is 17.0 Å². The molecule has 0 aliphatic heterocycles. The molecule has 29 heavy (non-hydrogen) atoms. The van der Waals surface area contributed by atoms with Gasteiger partial charge >= 0.3 is 0 Å². The van der Waals surface area contributed by atoms with Gasteiger partial charge in [0.15, 0.2) is 5.75 Å². The predicted molar refractivity (Wildman–Crippen MR) is 111 cm³/mol. The summed E-state index contributed by atoms with van der Waals surface area (Å²) in [5, 5.41) is 21.0. The fourth-order valence-corrected chi connectivity index (χ4v) is 2.81. The number of amides is 1. The first kappa shape index (κ1) is 19.7. The molecule has 1 amide bonds. The van der Waals surface area contributed by atoms with Crippen LogP contribution in [0.4, 0.5) is 17.1 Å². The largest absolute Gasteiger partial charge is 0.505 e. The Kier molecular flexibility index (Phi) is 5.68. The van der Waals surface area contributed by atoms with Gasteiger partial charge in [0.2, 0.25) is 0 Å². The molecule has 9 nitrogen and oxygen atoms in total. The van der Waals surface area contributed by atoms with Crippen molar-refractivity contribution in [3.63, 3.8) is 0 Å². The molecule has 5 N–H and O–H groups in total. The highest BCUT2D eigenvalue weighted by atomic mass is 16.3. The molecule has 3 aromatic rings. The lowest BCUT2D eigenvalue weighted by molar-refractivity contribution is 0.0960. The van der Waals surface area contributed by atoms with Gasteiger partial charge in [0.05, 0.1) is 11.3 Å². The third kappa shape index (κ3) is 4.13. The number of hydrogen-bond donors (Lipinski definition) is 5. The van der Waals surface area contributed by atoms with Crippen LogP contribution in [0.5, 0.6) is 5.75 Å². The number of phenols is 1. The van der Waals surface area contributed by atoms with Gasteiger partial charge in [-0.25, -0.2) is 0 Å². The summed E-state index contributed by atoms with van der Waals surface area (Å²) in [6, 6.07) is 13.9. The van der Waals surface area contributed by atoms with Crippen LogP contribution in [0.1, 0.15) is 15.9 Å². The topological polar surface area (TPSA) is 128 Å². The molecule has 0 atom stereocenters. The van der Waals surface area contributed by atoms with Crippen LogP contribution in [-0.2, 0) is 13.6 Å². The second kappa shape index (κ2) is 8.34. The van der Waals surface area contributed by atoms with Crippen LogP contribution in [0.15, 0.2) is 58.1 Å². The van der Waals surface area contributed by atoms with Crippen LogP contribution in [0.2, 0.25) is 0 Å².